The predicted octanol–water partition coefficient (Wildman–Crippen LogP) is 3.32. The maximum Gasteiger partial charge on any atom is 0.328 e. The molecule has 0 spiro atoms. The number of para-hydroxylation sites is 1. The molecule has 4 heteroatoms. The summed E-state index contributed by atoms with van der Waals surface area (Å²) in [5.41, 5.74) is 0.938. The van der Waals surface area contributed by atoms with Crippen LogP contribution in [0.1, 0.15) is 19.4 Å². The fourth-order valence-electron chi connectivity index (χ4n) is 1.83. The summed E-state index contributed by atoms with van der Waals surface area (Å²) in [7, 11) is 0. The zero-order valence-electron chi connectivity index (χ0n) is 11.1. The van der Waals surface area contributed by atoms with Crippen molar-refractivity contribution in [2.45, 2.75) is 19.9 Å². The van der Waals surface area contributed by atoms with E-state index in [1.807, 2.05) is 18.7 Å². The third-order valence-electron chi connectivity index (χ3n) is 2.66. The van der Waals surface area contributed by atoms with E-state index in [-0.39, 0.29) is 11.9 Å². The van der Waals surface area contributed by atoms with Gasteiger partial charge in [0, 0.05) is 24.2 Å². The van der Waals surface area contributed by atoms with Gasteiger partial charge in [0.05, 0.1) is 5.69 Å². The second kappa shape index (κ2) is 6.73. The normalized spacial score (nSPS) is 10.9. The zero-order chi connectivity index (χ0) is 14.4. The molecule has 102 valence electrons. The van der Waals surface area contributed by atoms with Crippen molar-refractivity contribution in [3.05, 3.63) is 48.3 Å². The fourth-order valence-corrected chi connectivity index (χ4v) is 1.83. The second-order valence-corrected chi connectivity index (χ2v) is 4.38. The van der Waals surface area contributed by atoms with Crippen molar-refractivity contribution in [1.29, 1.82) is 0 Å². The molecular formula is C15H18FNO2. The van der Waals surface area contributed by atoms with Crippen LogP contribution < -0.4 is 4.90 Å². The monoisotopic (exact) mass is 263 g/mol. The zero-order valence-corrected chi connectivity index (χ0v) is 11.1. The summed E-state index contributed by atoms with van der Waals surface area (Å²) < 4.78 is 14.1. The Bertz CT molecular complexity index is 495. The molecule has 1 rings (SSSR count). The Kier molecular flexibility index (Phi) is 5.30. The number of anilines is 1. The number of hydrogen-bond acceptors (Lipinski definition) is 2. The Hall–Kier alpha value is -2.10. The number of carbonyl (C=O) groups is 1. The van der Waals surface area contributed by atoms with E-state index in [1.165, 1.54) is 12.1 Å². The number of benzene rings is 1. The number of carboxylic acid groups (broad SMARTS) is 1. The van der Waals surface area contributed by atoms with Gasteiger partial charge in [-0.15, -0.1) is 6.58 Å². The Labute approximate surface area is 112 Å². The van der Waals surface area contributed by atoms with E-state index in [0.29, 0.717) is 17.8 Å². The highest BCUT2D eigenvalue weighted by molar-refractivity contribution is 5.87. The fraction of sp³-hybridized carbons (Fsp3) is 0.267. The summed E-state index contributed by atoms with van der Waals surface area (Å²) in [4.78, 5) is 12.4. The molecule has 19 heavy (non-hydrogen) atoms. The molecule has 0 saturated heterocycles. The number of carboxylic acids is 1. The third kappa shape index (κ3) is 3.95. The molecule has 0 aliphatic rings. The van der Waals surface area contributed by atoms with E-state index < -0.39 is 5.97 Å². The third-order valence-corrected chi connectivity index (χ3v) is 2.66. The molecule has 0 aliphatic heterocycles. The van der Waals surface area contributed by atoms with E-state index in [0.717, 1.165) is 6.08 Å². The number of hydrogen-bond donors (Lipinski definition) is 1. The van der Waals surface area contributed by atoms with Gasteiger partial charge < -0.3 is 10.0 Å². The van der Waals surface area contributed by atoms with Crippen LogP contribution in [0.5, 0.6) is 0 Å². The summed E-state index contributed by atoms with van der Waals surface area (Å²) in [6.45, 7) is 8.05. The topological polar surface area (TPSA) is 40.5 Å². The first kappa shape index (κ1) is 15.0. The standard InChI is InChI=1S/C15H18FNO2/c1-4-10-17(11(2)3)15-12(8-9-14(18)19)6-5-7-13(15)16/h4-9,11H,1,10H2,2-3H3,(H,18,19)/b9-8+. The molecule has 0 amide bonds. The smallest absolute Gasteiger partial charge is 0.328 e. The lowest BCUT2D eigenvalue weighted by Gasteiger charge is -2.29. The summed E-state index contributed by atoms with van der Waals surface area (Å²) in [5.74, 6) is -1.43. The quantitative estimate of drug-likeness (QED) is 0.632. The number of halogens is 1. The first-order valence-electron chi connectivity index (χ1n) is 6.04. The predicted molar refractivity (Wildman–Crippen MR) is 75.7 cm³/mol. The lowest BCUT2D eigenvalue weighted by molar-refractivity contribution is -0.131. The lowest BCUT2D eigenvalue weighted by atomic mass is 10.1. The maximum atomic E-state index is 14.1. The number of aliphatic carboxylic acids is 1. The summed E-state index contributed by atoms with van der Waals surface area (Å²) >= 11 is 0. The lowest BCUT2D eigenvalue weighted by Crippen LogP contribution is -2.32. The van der Waals surface area contributed by atoms with Crippen molar-refractivity contribution in [3.63, 3.8) is 0 Å². The van der Waals surface area contributed by atoms with E-state index in [2.05, 4.69) is 6.58 Å². The van der Waals surface area contributed by atoms with E-state index in [9.17, 15) is 9.18 Å². The van der Waals surface area contributed by atoms with Gasteiger partial charge >= 0.3 is 5.97 Å². The molecule has 0 aromatic heterocycles. The molecule has 0 fully saturated rings. The van der Waals surface area contributed by atoms with E-state index in [1.54, 1.807) is 18.2 Å². The van der Waals surface area contributed by atoms with Crippen molar-refractivity contribution in [2.75, 3.05) is 11.4 Å². The molecule has 3 nitrogen and oxygen atoms in total. The van der Waals surface area contributed by atoms with Crippen LogP contribution in [0.4, 0.5) is 10.1 Å². The van der Waals surface area contributed by atoms with Gasteiger partial charge in [0.1, 0.15) is 5.82 Å². The highest BCUT2D eigenvalue weighted by Crippen LogP contribution is 2.27. The minimum atomic E-state index is -1.06. The Morgan fingerprint density at radius 1 is 1.53 bits per heavy atom. The van der Waals surface area contributed by atoms with Crippen molar-refractivity contribution < 1.29 is 14.3 Å². The average Bonchev–Trinajstić information content (AvgIpc) is 2.34. The summed E-state index contributed by atoms with van der Waals surface area (Å²) in [5, 5.41) is 8.68. The molecule has 0 saturated carbocycles. The SMILES string of the molecule is C=CCN(c1c(F)cccc1/C=C/C(=O)O)C(C)C. The van der Waals surface area contributed by atoms with Crippen LogP contribution in [0.25, 0.3) is 6.08 Å². The average molecular weight is 263 g/mol. The maximum absolute atomic E-state index is 14.1. The van der Waals surface area contributed by atoms with Crippen LogP contribution in [0.2, 0.25) is 0 Å². The van der Waals surface area contributed by atoms with Crippen LogP contribution >= 0.6 is 0 Å². The van der Waals surface area contributed by atoms with Gasteiger partial charge in [0.15, 0.2) is 0 Å². The highest BCUT2D eigenvalue weighted by atomic mass is 19.1. The summed E-state index contributed by atoms with van der Waals surface area (Å²) in [6, 6.07) is 4.70. The molecule has 1 N–H and O–H groups in total. The number of nitrogens with zero attached hydrogens (tertiary/aromatic N) is 1. The molecule has 0 unspecified atom stereocenters. The van der Waals surface area contributed by atoms with Crippen molar-refractivity contribution in [2.24, 2.45) is 0 Å². The molecule has 0 radical (unpaired) electrons. The second-order valence-electron chi connectivity index (χ2n) is 4.38. The van der Waals surface area contributed by atoms with Crippen molar-refractivity contribution in [1.82, 2.24) is 0 Å². The van der Waals surface area contributed by atoms with Crippen LogP contribution in [0.3, 0.4) is 0 Å². The molecule has 1 aromatic carbocycles. The Morgan fingerprint density at radius 3 is 2.74 bits per heavy atom. The van der Waals surface area contributed by atoms with Gasteiger partial charge in [0.2, 0.25) is 0 Å². The Morgan fingerprint density at radius 2 is 2.21 bits per heavy atom. The molecule has 0 bridgehead atoms. The molecule has 0 heterocycles. The molecule has 1 aromatic rings. The van der Waals surface area contributed by atoms with E-state index >= 15 is 0 Å². The summed E-state index contributed by atoms with van der Waals surface area (Å²) in [6.07, 6.45) is 4.10. The van der Waals surface area contributed by atoms with Crippen molar-refractivity contribution >= 4 is 17.7 Å². The van der Waals surface area contributed by atoms with Gasteiger partial charge in [-0.05, 0) is 26.0 Å². The van der Waals surface area contributed by atoms with Gasteiger partial charge in [-0.25, -0.2) is 9.18 Å². The van der Waals surface area contributed by atoms with Gasteiger partial charge in [-0.1, -0.05) is 18.2 Å². The first-order valence-corrected chi connectivity index (χ1v) is 6.04. The van der Waals surface area contributed by atoms with E-state index in [4.69, 9.17) is 5.11 Å². The van der Waals surface area contributed by atoms with Crippen molar-refractivity contribution in [3.8, 4) is 0 Å². The highest BCUT2D eigenvalue weighted by Gasteiger charge is 2.16. The van der Waals surface area contributed by atoms with Crippen LogP contribution in [0.15, 0.2) is 36.9 Å². The molecule has 0 atom stereocenters. The van der Waals surface area contributed by atoms with Crippen LogP contribution in [0, 0.1) is 5.82 Å². The molecular weight excluding hydrogens is 245 g/mol. The Balaban J connectivity index is 3.29. The minimum Gasteiger partial charge on any atom is -0.478 e. The van der Waals surface area contributed by atoms with Gasteiger partial charge in [0.25, 0.3) is 0 Å². The molecule has 0 aliphatic carbocycles. The van der Waals surface area contributed by atoms with Gasteiger partial charge in [-0.3, -0.25) is 0 Å². The van der Waals surface area contributed by atoms with Gasteiger partial charge in [-0.2, -0.15) is 0 Å². The first-order chi connectivity index (χ1) is 8.97. The number of rotatable bonds is 6. The van der Waals surface area contributed by atoms with Crippen LogP contribution in [-0.2, 0) is 4.79 Å². The minimum absolute atomic E-state index is 0.0758. The van der Waals surface area contributed by atoms with Crippen LogP contribution in [-0.4, -0.2) is 23.7 Å². The largest absolute Gasteiger partial charge is 0.478 e.